The van der Waals surface area contributed by atoms with Gasteiger partial charge in [0.05, 0.1) is 6.61 Å². The highest BCUT2D eigenvalue weighted by Crippen LogP contribution is 2.17. The highest BCUT2D eigenvalue weighted by atomic mass is 16.5. The van der Waals surface area contributed by atoms with Crippen LogP contribution in [0.5, 0.6) is 5.75 Å². The first-order valence-corrected chi connectivity index (χ1v) is 7.07. The molecule has 0 aliphatic carbocycles. The molecule has 1 atom stereocenters. The van der Waals surface area contributed by atoms with Crippen molar-refractivity contribution < 1.29 is 14.6 Å². The zero-order chi connectivity index (χ0) is 14.8. The summed E-state index contributed by atoms with van der Waals surface area (Å²) in [5.41, 5.74) is 0.944. The Morgan fingerprint density at radius 1 is 1.35 bits per heavy atom. The van der Waals surface area contributed by atoms with E-state index in [4.69, 9.17) is 9.84 Å². The van der Waals surface area contributed by atoms with Gasteiger partial charge in [0.1, 0.15) is 5.75 Å². The molecule has 5 heteroatoms. The molecule has 112 valence electrons. The number of nitrogens with one attached hydrogen (secondary N) is 2. The first-order chi connectivity index (χ1) is 9.71. The van der Waals surface area contributed by atoms with Crippen LogP contribution in [0.3, 0.4) is 0 Å². The maximum Gasteiger partial charge on any atom is 0.315 e. The van der Waals surface area contributed by atoms with Crippen LogP contribution in [0.4, 0.5) is 4.79 Å². The number of hydrogen-bond donors (Lipinski definition) is 3. The number of benzene rings is 1. The smallest absolute Gasteiger partial charge is 0.315 e. The molecule has 1 aromatic carbocycles. The lowest BCUT2D eigenvalue weighted by atomic mass is 10.1. The Morgan fingerprint density at radius 2 is 2.10 bits per heavy atom. The molecule has 0 aromatic heterocycles. The molecule has 1 unspecified atom stereocenters. The molecule has 20 heavy (non-hydrogen) atoms. The van der Waals surface area contributed by atoms with Crippen molar-refractivity contribution in [3.8, 4) is 5.75 Å². The fourth-order valence-electron chi connectivity index (χ4n) is 1.89. The minimum atomic E-state index is -0.225. The van der Waals surface area contributed by atoms with Gasteiger partial charge in [-0.3, -0.25) is 0 Å². The predicted octanol–water partition coefficient (Wildman–Crippen LogP) is 2.05. The second kappa shape index (κ2) is 9.20. The number of carbonyl (C=O) groups excluding carboxylic acids is 1. The molecule has 0 fully saturated rings. The molecule has 0 heterocycles. The van der Waals surface area contributed by atoms with Gasteiger partial charge in [0.2, 0.25) is 0 Å². The number of hydrogen-bond acceptors (Lipinski definition) is 3. The Balaban J connectivity index is 2.48. The number of para-hydroxylation sites is 1. The third kappa shape index (κ3) is 5.48. The number of urea groups is 1. The number of aliphatic hydroxyl groups is 1. The van der Waals surface area contributed by atoms with Crippen molar-refractivity contribution in [2.75, 3.05) is 13.2 Å². The summed E-state index contributed by atoms with van der Waals surface area (Å²) < 4.78 is 5.51. The van der Waals surface area contributed by atoms with Crippen molar-refractivity contribution in [2.45, 2.75) is 39.3 Å². The third-order valence-electron chi connectivity index (χ3n) is 3.02. The van der Waals surface area contributed by atoms with E-state index in [9.17, 15) is 4.79 Å². The SMILES string of the molecule is CCOc1ccccc1CNC(=O)NC(CC)CCO. The van der Waals surface area contributed by atoms with Crippen molar-refractivity contribution in [1.29, 1.82) is 0 Å². The lowest BCUT2D eigenvalue weighted by Gasteiger charge is -2.17. The number of ether oxygens (including phenoxy) is 1. The highest BCUT2D eigenvalue weighted by molar-refractivity contribution is 5.74. The number of amides is 2. The van der Waals surface area contributed by atoms with Crippen molar-refractivity contribution in [3.63, 3.8) is 0 Å². The average Bonchev–Trinajstić information content (AvgIpc) is 2.46. The normalized spacial score (nSPS) is 11.8. The largest absolute Gasteiger partial charge is 0.494 e. The molecular formula is C15H24N2O3. The summed E-state index contributed by atoms with van der Waals surface area (Å²) in [5, 5.41) is 14.5. The van der Waals surface area contributed by atoms with Crippen molar-refractivity contribution >= 4 is 6.03 Å². The van der Waals surface area contributed by atoms with Gasteiger partial charge < -0.3 is 20.5 Å². The Kier molecular flexibility index (Phi) is 7.50. The van der Waals surface area contributed by atoms with E-state index in [0.717, 1.165) is 17.7 Å². The zero-order valence-electron chi connectivity index (χ0n) is 12.2. The summed E-state index contributed by atoms with van der Waals surface area (Å²) in [4.78, 5) is 11.8. The van der Waals surface area contributed by atoms with Crippen molar-refractivity contribution in [2.24, 2.45) is 0 Å². The maximum atomic E-state index is 11.8. The molecule has 0 spiro atoms. The van der Waals surface area contributed by atoms with Crippen molar-refractivity contribution in [3.05, 3.63) is 29.8 Å². The molecule has 0 aliphatic heterocycles. The minimum absolute atomic E-state index is 0.00198. The first kappa shape index (κ1) is 16.3. The fraction of sp³-hybridized carbons (Fsp3) is 0.533. The van der Waals surface area contributed by atoms with Crippen LogP contribution in [0.15, 0.2) is 24.3 Å². The van der Waals surface area contributed by atoms with E-state index in [1.54, 1.807) is 0 Å². The van der Waals surface area contributed by atoms with Crippen LogP contribution in [0, 0.1) is 0 Å². The summed E-state index contributed by atoms with van der Waals surface area (Å²) in [6.45, 7) is 4.99. The van der Waals surface area contributed by atoms with E-state index in [-0.39, 0.29) is 18.7 Å². The highest BCUT2D eigenvalue weighted by Gasteiger charge is 2.10. The molecule has 0 saturated carbocycles. The van der Waals surface area contributed by atoms with E-state index >= 15 is 0 Å². The maximum absolute atomic E-state index is 11.8. The summed E-state index contributed by atoms with van der Waals surface area (Å²) in [6, 6.07) is 7.41. The summed E-state index contributed by atoms with van der Waals surface area (Å²) in [5.74, 6) is 0.790. The van der Waals surface area contributed by atoms with Crippen LogP contribution in [0.25, 0.3) is 0 Å². The van der Waals surface area contributed by atoms with Gasteiger partial charge in [0, 0.05) is 24.8 Å². The van der Waals surface area contributed by atoms with E-state index in [1.165, 1.54) is 0 Å². The van der Waals surface area contributed by atoms with Crippen LogP contribution in [0.2, 0.25) is 0 Å². The summed E-state index contributed by atoms with van der Waals surface area (Å²) in [6.07, 6.45) is 1.36. The molecular weight excluding hydrogens is 256 g/mol. The predicted molar refractivity (Wildman–Crippen MR) is 78.8 cm³/mol. The molecule has 0 aliphatic rings. The van der Waals surface area contributed by atoms with Gasteiger partial charge in [-0.05, 0) is 25.8 Å². The van der Waals surface area contributed by atoms with Gasteiger partial charge in [-0.25, -0.2) is 4.79 Å². The standard InChI is InChI=1S/C15H24N2O3/c1-3-13(9-10-18)17-15(19)16-11-12-7-5-6-8-14(12)20-4-2/h5-8,13,18H,3-4,9-11H2,1-2H3,(H2,16,17,19). The molecule has 0 saturated heterocycles. The molecule has 5 nitrogen and oxygen atoms in total. The molecule has 2 amide bonds. The van der Waals surface area contributed by atoms with Gasteiger partial charge >= 0.3 is 6.03 Å². The Bertz CT molecular complexity index is 410. The first-order valence-electron chi connectivity index (χ1n) is 7.07. The van der Waals surface area contributed by atoms with Crippen LogP contribution in [-0.4, -0.2) is 30.4 Å². The van der Waals surface area contributed by atoms with Gasteiger partial charge in [0.25, 0.3) is 0 Å². The fourth-order valence-corrected chi connectivity index (χ4v) is 1.89. The topological polar surface area (TPSA) is 70.6 Å². The molecule has 3 N–H and O–H groups in total. The molecule has 0 radical (unpaired) electrons. The van der Waals surface area contributed by atoms with Crippen LogP contribution in [-0.2, 0) is 6.54 Å². The van der Waals surface area contributed by atoms with Gasteiger partial charge in [-0.2, -0.15) is 0 Å². The van der Waals surface area contributed by atoms with Crippen LogP contribution in [0.1, 0.15) is 32.3 Å². The lowest BCUT2D eigenvalue weighted by Crippen LogP contribution is -2.41. The Hall–Kier alpha value is -1.75. The Morgan fingerprint density at radius 3 is 2.75 bits per heavy atom. The van der Waals surface area contributed by atoms with E-state index < -0.39 is 0 Å². The average molecular weight is 280 g/mol. The second-order valence-corrected chi connectivity index (χ2v) is 4.49. The van der Waals surface area contributed by atoms with Crippen molar-refractivity contribution in [1.82, 2.24) is 10.6 Å². The third-order valence-corrected chi connectivity index (χ3v) is 3.02. The lowest BCUT2D eigenvalue weighted by molar-refractivity contribution is 0.227. The van der Waals surface area contributed by atoms with Gasteiger partial charge in [-0.15, -0.1) is 0 Å². The number of carbonyl (C=O) groups is 1. The summed E-state index contributed by atoms with van der Waals surface area (Å²) >= 11 is 0. The number of aliphatic hydroxyl groups excluding tert-OH is 1. The van der Waals surface area contributed by atoms with E-state index in [0.29, 0.717) is 19.6 Å². The van der Waals surface area contributed by atoms with E-state index in [1.807, 2.05) is 38.1 Å². The number of rotatable bonds is 8. The monoisotopic (exact) mass is 280 g/mol. The summed E-state index contributed by atoms with van der Waals surface area (Å²) in [7, 11) is 0. The molecule has 1 aromatic rings. The second-order valence-electron chi connectivity index (χ2n) is 4.49. The van der Waals surface area contributed by atoms with E-state index in [2.05, 4.69) is 10.6 Å². The van der Waals surface area contributed by atoms with Gasteiger partial charge in [-0.1, -0.05) is 25.1 Å². The molecule has 1 rings (SSSR count). The van der Waals surface area contributed by atoms with Gasteiger partial charge in [0.15, 0.2) is 0 Å². The minimum Gasteiger partial charge on any atom is -0.494 e. The zero-order valence-corrected chi connectivity index (χ0v) is 12.2. The quantitative estimate of drug-likeness (QED) is 0.682. The Labute approximate surface area is 120 Å². The van der Waals surface area contributed by atoms with Crippen LogP contribution < -0.4 is 15.4 Å². The van der Waals surface area contributed by atoms with Crippen LogP contribution >= 0.6 is 0 Å². The molecule has 0 bridgehead atoms.